The number of carbonyl (C=O) groups is 1. The summed E-state index contributed by atoms with van der Waals surface area (Å²) in [6.07, 6.45) is 5.87. The van der Waals surface area contributed by atoms with E-state index in [1.807, 2.05) is 11.8 Å². The number of hydrogen-bond donors (Lipinski definition) is 0. The summed E-state index contributed by atoms with van der Waals surface area (Å²) in [6, 6.07) is 0. The Morgan fingerprint density at radius 3 is 2.96 bits per heavy atom. The zero-order chi connectivity index (χ0) is 16.6. The zero-order valence-electron chi connectivity index (χ0n) is 13.9. The first-order chi connectivity index (χ1) is 11.6. The fraction of sp³-hybridized carbons (Fsp3) is 0.706. The highest BCUT2D eigenvalue weighted by atomic mass is 16.5. The molecule has 7 heteroatoms. The van der Waals surface area contributed by atoms with E-state index >= 15 is 0 Å². The largest absolute Gasteiger partial charge is 0.473 e. The van der Waals surface area contributed by atoms with Gasteiger partial charge in [-0.3, -0.25) is 9.78 Å². The summed E-state index contributed by atoms with van der Waals surface area (Å²) in [5, 5.41) is 0. The number of ether oxygens (including phenoxy) is 3. The van der Waals surface area contributed by atoms with Gasteiger partial charge in [0, 0.05) is 25.6 Å². The van der Waals surface area contributed by atoms with Crippen molar-refractivity contribution in [3.05, 3.63) is 18.1 Å². The van der Waals surface area contributed by atoms with Crippen LogP contribution in [-0.2, 0) is 14.3 Å². The van der Waals surface area contributed by atoms with Crippen LogP contribution in [0.15, 0.2) is 12.4 Å². The average molecular weight is 333 g/mol. The van der Waals surface area contributed by atoms with Crippen molar-refractivity contribution in [2.45, 2.75) is 37.9 Å². The smallest absolute Gasteiger partial charge is 0.232 e. The molecule has 24 heavy (non-hydrogen) atoms. The summed E-state index contributed by atoms with van der Waals surface area (Å²) in [7, 11) is 0. The van der Waals surface area contributed by atoms with Gasteiger partial charge in [0.2, 0.25) is 11.8 Å². The molecule has 0 aromatic carbocycles. The van der Waals surface area contributed by atoms with E-state index in [1.54, 1.807) is 12.4 Å². The Labute approximate surface area is 141 Å². The SMILES string of the molecule is Cc1cncc(O[C@@H]2CCOC3(C2)CN(C(=O)[C@H]2CCOC2)C3)n1. The Bertz CT molecular complexity index is 612. The number of nitrogens with zero attached hydrogens (tertiary/aromatic N) is 3. The molecule has 1 aromatic rings. The van der Waals surface area contributed by atoms with Gasteiger partial charge in [0.25, 0.3) is 0 Å². The van der Waals surface area contributed by atoms with Crippen LogP contribution in [-0.4, -0.2) is 65.4 Å². The second kappa shape index (κ2) is 6.29. The molecule has 1 aromatic heterocycles. The molecule has 4 rings (SSSR count). The fourth-order valence-electron chi connectivity index (χ4n) is 3.76. The molecule has 0 N–H and O–H groups in total. The lowest BCUT2D eigenvalue weighted by Crippen LogP contribution is -2.68. The van der Waals surface area contributed by atoms with Gasteiger partial charge in [-0.2, -0.15) is 0 Å². The first-order valence-corrected chi connectivity index (χ1v) is 8.59. The van der Waals surface area contributed by atoms with E-state index in [-0.39, 0.29) is 23.5 Å². The van der Waals surface area contributed by atoms with Crippen LogP contribution in [0.4, 0.5) is 0 Å². The lowest BCUT2D eigenvalue weighted by atomic mass is 9.84. The molecule has 2 atom stereocenters. The highest BCUT2D eigenvalue weighted by Crippen LogP contribution is 2.36. The minimum absolute atomic E-state index is 0.0283. The van der Waals surface area contributed by atoms with Crippen LogP contribution in [0.3, 0.4) is 0 Å². The van der Waals surface area contributed by atoms with Crippen LogP contribution in [0.25, 0.3) is 0 Å². The first kappa shape index (κ1) is 15.8. The van der Waals surface area contributed by atoms with E-state index in [0.717, 1.165) is 25.0 Å². The molecule has 0 saturated carbocycles. The van der Waals surface area contributed by atoms with Crippen molar-refractivity contribution in [1.82, 2.24) is 14.9 Å². The quantitative estimate of drug-likeness (QED) is 0.820. The maximum Gasteiger partial charge on any atom is 0.232 e. The number of aromatic nitrogens is 2. The molecule has 1 amide bonds. The third kappa shape index (κ3) is 3.10. The number of likely N-dealkylation sites (tertiary alicyclic amines) is 1. The molecule has 0 aliphatic carbocycles. The summed E-state index contributed by atoms with van der Waals surface area (Å²) in [5.74, 6) is 0.794. The first-order valence-electron chi connectivity index (χ1n) is 8.59. The Kier molecular flexibility index (Phi) is 4.14. The second-order valence-electron chi connectivity index (χ2n) is 7.02. The average Bonchev–Trinajstić information content (AvgIpc) is 3.06. The lowest BCUT2D eigenvalue weighted by molar-refractivity contribution is -0.195. The van der Waals surface area contributed by atoms with E-state index in [0.29, 0.717) is 38.8 Å². The summed E-state index contributed by atoms with van der Waals surface area (Å²) >= 11 is 0. The van der Waals surface area contributed by atoms with Gasteiger partial charge in [0.15, 0.2) is 0 Å². The van der Waals surface area contributed by atoms with E-state index in [1.165, 1.54) is 0 Å². The topological polar surface area (TPSA) is 73.8 Å². The van der Waals surface area contributed by atoms with Crippen LogP contribution >= 0.6 is 0 Å². The van der Waals surface area contributed by atoms with Crippen molar-refractivity contribution in [3.63, 3.8) is 0 Å². The molecule has 4 heterocycles. The van der Waals surface area contributed by atoms with Crippen LogP contribution in [0.1, 0.15) is 25.0 Å². The summed E-state index contributed by atoms with van der Waals surface area (Å²) in [4.78, 5) is 22.8. The Balaban J connectivity index is 1.33. The Hall–Kier alpha value is -1.73. The molecule has 7 nitrogen and oxygen atoms in total. The van der Waals surface area contributed by atoms with Gasteiger partial charge < -0.3 is 19.1 Å². The molecular weight excluding hydrogens is 310 g/mol. The van der Waals surface area contributed by atoms with Crippen molar-refractivity contribution in [3.8, 4) is 5.88 Å². The third-order valence-corrected chi connectivity index (χ3v) is 5.02. The van der Waals surface area contributed by atoms with Crippen LogP contribution in [0, 0.1) is 12.8 Å². The Morgan fingerprint density at radius 1 is 1.33 bits per heavy atom. The van der Waals surface area contributed by atoms with Crippen molar-refractivity contribution in [2.24, 2.45) is 5.92 Å². The minimum Gasteiger partial charge on any atom is -0.473 e. The molecule has 3 fully saturated rings. The van der Waals surface area contributed by atoms with Gasteiger partial charge >= 0.3 is 0 Å². The number of hydrogen-bond acceptors (Lipinski definition) is 6. The lowest BCUT2D eigenvalue weighted by Gasteiger charge is -2.53. The third-order valence-electron chi connectivity index (χ3n) is 5.02. The van der Waals surface area contributed by atoms with E-state index in [4.69, 9.17) is 14.2 Å². The van der Waals surface area contributed by atoms with Gasteiger partial charge in [0.05, 0.1) is 44.1 Å². The van der Waals surface area contributed by atoms with Gasteiger partial charge in [0.1, 0.15) is 11.7 Å². The van der Waals surface area contributed by atoms with Crippen LogP contribution in [0.2, 0.25) is 0 Å². The summed E-state index contributed by atoms with van der Waals surface area (Å²) < 4.78 is 17.3. The maximum absolute atomic E-state index is 12.4. The second-order valence-corrected chi connectivity index (χ2v) is 7.02. The predicted molar refractivity (Wildman–Crippen MR) is 84.6 cm³/mol. The number of rotatable bonds is 3. The molecule has 0 radical (unpaired) electrons. The van der Waals surface area contributed by atoms with E-state index < -0.39 is 0 Å². The molecular formula is C17H23N3O4. The monoisotopic (exact) mass is 333 g/mol. The molecule has 0 bridgehead atoms. The minimum atomic E-state index is -0.255. The molecule has 3 aliphatic rings. The number of amides is 1. The van der Waals surface area contributed by atoms with Crippen molar-refractivity contribution < 1.29 is 19.0 Å². The Morgan fingerprint density at radius 2 is 2.21 bits per heavy atom. The van der Waals surface area contributed by atoms with Gasteiger partial charge in [-0.25, -0.2) is 4.98 Å². The zero-order valence-corrected chi connectivity index (χ0v) is 13.9. The normalized spacial score (nSPS) is 28.6. The molecule has 1 spiro atoms. The molecule has 0 unspecified atom stereocenters. The van der Waals surface area contributed by atoms with Crippen molar-refractivity contribution >= 4 is 5.91 Å². The summed E-state index contributed by atoms with van der Waals surface area (Å²) in [6.45, 7) is 5.11. The van der Waals surface area contributed by atoms with Crippen LogP contribution in [0.5, 0.6) is 5.88 Å². The van der Waals surface area contributed by atoms with Gasteiger partial charge in [-0.15, -0.1) is 0 Å². The molecule has 3 saturated heterocycles. The van der Waals surface area contributed by atoms with E-state index in [2.05, 4.69) is 9.97 Å². The predicted octanol–water partition coefficient (Wildman–Crippen LogP) is 0.960. The highest BCUT2D eigenvalue weighted by Gasteiger charge is 2.51. The van der Waals surface area contributed by atoms with Gasteiger partial charge in [-0.1, -0.05) is 0 Å². The standard InChI is InChI=1S/C17H23N3O4/c1-12-7-18-8-15(19-12)24-14-3-5-23-17(6-14)10-20(11-17)16(21)13-2-4-22-9-13/h7-8,13-14H,2-6,9-11H2,1H3/t13-,14+/m0/s1. The van der Waals surface area contributed by atoms with Gasteiger partial charge in [-0.05, 0) is 13.3 Å². The van der Waals surface area contributed by atoms with Crippen LogP contribution < -0.4 is 4.74 Å². The fourth-order valence-corrected chi connectivity index (χ4v) is 3.76. The molecule has 130 valence electrons. The van der Waals surface area contributed by atoms with Crippen molar-refractivity contribution in [1.29, 1.82) is 0 Å². The van der Waals surface area contributed by atoms with E-state index in [9.17, 15) is 4.79 Å². The van der Waals surface area contributed by atoms with Crippen molar-refractivity contribution in [2.75, 3.05) is 32.9 Å². The highest BCUT2D eigenvalue weighted by molar-refractivity contribution is 5.80. The number of carbonyl (C=O) groups excluding carboxylic acids is 1. The summed E-state index contributed by atoms with van der Waals surface area (Å²) in [5.41, 5.74) is 0.587. The molecule has 3 aliphatic heterocycles. The maximum atomic E-state index is 12.4. The number of aryl methyl sites for hydroxylation is 1.